The quantitative estimate of drug-likeness (QED) is 0.155. The van der Waals surface area contributed by atoms with Crippen LogP contribution in [0.5, 0.6) is 0 Å². The molecule has 0 saturated carbocycles. The first kappa shape index (κ1) is 24.4. The Hall–Kier alpha value is -3.68. The standard InChI is InChI=1S/C26H21Cl2N3O4/c1-3-15(2)17-7-10-24-22(13-17)30-26(35-24)18-6-9-19(27)21(14-18)29-25(32)11-5-16-4-8-20(28)23(12-16)31(33)34/h4-15H,3H2,1-2H3,(H,29,32). The number of benzene rings is 3. The molecule has 0 aliphatic rings. The molecular formula is C26H21Cl2N3O4. The van der Waals surface area contributed by atoms with E-state index in [9.17, 15) is 14.9 Å². The molecule has 1 N–H and O–H groups in total. The molecule has 0 radical (unpaired) electrons. The fourth-order valence-corrected chi connectivity index (χ4v) is 3.84. The number of halogens is 2. The summed E-state index contributed by atoms with van der Waals surface area (Å²) in [5.41, 5.74) is 3.89. The maximum absolute atomic E-state index is 12.5. The van der Waals surface area contributed by atoms with Crippen molar-refractivity contribution in [2.24, 2.45) is 0 Å². The van der Waals surface area contributed by atoms with Gasteiger partial charge in [0.15, 0.2) is 5.58 Å². The van der Waals surface area contributed by atoms with E-state index < -0.39 is 10.8 Å². The number of nitrogens with one attached hydrogen (secondary N) is 1. The topological polar surface area (TPSA) is 98.3 Å². The molecule has 0 fully saturated rings. The van der Waals surface area contributed by atoms with Crippen molar-refractivity contribution in [2.75, 3.05) is 5.32 Å². The molecule has 3 aromatic carbocycles. The van der Waals surface area contributed by atoms with Crippen LogP contribution >= 0.6 is 23.2 Å². The van der Waals surface area contributed by atoms with Gasteiger partial charge in [-0.3, -0.25) is 14.9 Å². The Morgan fingerprint density at radius 2 is 1.91 bits per heavy atom. The molecule has 1 atom stereocenters. The monoisotopic (exact) mass is 509 g/mol. The number of nitro benzene ring substituents is 1. The zero-order valence-electron chi connectivity index (χ0n) is 18.9. The van der Waals surface area contributed by atoms with Crippen LogP contribution in [0, 0.1) is 10.1 Å². The summed E-state index contributed by atoms with van der Waals surface area (Å²) in [4.78, 5) is 27.6. The first-order valence-corrected chi connectivity index (χ1v) is 11.6. The minimum Gasteiger partial charge on any atom is -0.436 e. The summed E-state index contributed by atoms with van der Waals surface area (Å²) in [6, 6.07) is 15.4. The van der Waals surface area contributed by atoms with E-state index in [1.807, 2.05) is 18.2 Å². The maximum atomic E-state index is 12.5. The van der Waals surface area contributed by atoms with Crippen LogP contribution in [-0.2, 0) is 4.79 Å². The lowest BCUT2D eigenvalue weighted by molar-refractivity contribution is -0.384. The number of hydrogen-bond acceptors (Lipinski definition) is 5. The van der Waals surface area contributed by atoms with E-state index in [0.717, 1.165) is 11.9 Å². The van der Waals surface area contributed by atoms with Crippen molar-refractivity contribution >= 4 is 57.7 Å². The molecule has 7 nitrogen and oxygen atoms in total. The Labute approximate surface area is 211 Å². The Bertz CT molecular complexity index is 1460. The van der Waals surface area contributed by atoms with Gasteiger partial charge in [0.1, 0.15) is 10.5 Å². The van der Waals surface area contributed by atoms with E-state index in [4.69, 9.17) is 27.6 Å². The fraction of sp³-hybridized carbons (Fsp3) is 0.154. The van der Waals surface area contributed by atoms with E-state index in [0.29, 0.717) is 39.2 Å². The van der Waals surface area contributed by atoms with Crippen molar-refractivity contribution in [3.05, 3.63) is 92.0 Å². The first-order chi connectivity index (χ1) is 16.7. The smallest absolute Gasteiger partial charge is 0.288 e. The number of fused-ring (bicyclic) bond motifs is 1. The highest BCUT2D eigenvalue weighted by atomic mass is 35.5. The van der Waals surface area contributed by atoms with Gasteiger partial charge in [-0.2, -0.15) is 0 Å². The van der Waals surface area contributed by atoms with Crippen LogP contribution in [0.1, 0.15) is 37.3 Å². The van der Waals surface area contributed by atoms with Gasteiger partial charge < -0.3 is 9.73 Å². The fourth-order valence-electron chi connectivity index (χ4n) is 3.48. The molecule has 0 bridgehead atoms. The third kappa shape index (κ3) is 5.53. The Morgan fingerprint density at radius 3 is 2.66 bits per heavy atom. The minimum absolute atomic E-state index is 0.0236. The van der Waals surface area contributed by atoms with Gasteiger partial charge in [-0.1, -0.05) is 49.2 Å². The summed E-state index contributed by atoms with van der Waals surface area (Å²) < 4.78 is 5.92. The van der Waals surface area contributed by atoms with Crippen molar-refractivity contribution in [1.29, 1.82) is 0 Å². The maximum Gasteiger partial charge on any atom is 0.288 e. The number of rotatable bonds is 7. The Balaban J connectivity index is 1.55. The van der Waals surface area contributed by atoms with Gasteiger partial charge in [0.05, 0.1) is 15.6 Å². The lowest BCUT2D eigenvalue weighted by Crippen LogP contribution is -2.08. The Morgan fingerprint density at radius 1 is 1.14 bits per heavy atom. The molecule has 1 aromatic heterocycles. The van der Waals surface area contributed by atoms with E-state index in [-0.39, 0.29) is 10.7 Å². The lowest BCUT2D eigenvalue weighted by Gasteiger charge is -2.07. The SMILES string of the molecule is CCC(C)c1ccc2oc(-c3ccc(Cl)c(NC(=O)C=Cc4ccc(Cl)c([N+](=O)[O-])c4)c3)nc2c1. The van der Waals surface area contributed by atoms with Crippen LogP contribution in [0.3, 0.4) is 0 Å². The van der Waals surface area contributed by atoms with Crippen molar-refractivity contribution in [1.82, 2.24) is 4.98 Å². The van der Waals surface area contributed by atoms with Gasteiger partial charge in [-0.15, -0.1) is 0 Å². The summed E-state index contributed by atoms with van der Waals surface area (Å²) in [6.45, 7) is 4.31. The second kappa shape index (κ2) is 10.3. The highest BCUT2D eigenvalue weighted by Gasteiger charge is 2.14. The highest BCUT2D eigenvalue weighted by Crippen LogP contribution is 2.32. The number of carbonyl (C=O) groups excluding carboxylic acids is 1. The van der Waals surface area contributed by atoms with Gasteiger partial charge in [0, 0.05) is 17.7 Å². The van der Waals surface area contributed by atoms with E-state index in [1.54, 1.807) is 24.3 Å². The number of nitrogens with zero attached hydrogens (tertiary/aromatic N) is 2. The molecule has 4 aromatic rings. The van der Waals surface area contributed by atoms with Crippen LogP contribution in [-0.4, -0.2) is 15.8 Å². The van der Waals surface area contributed by atoms with Crippen LogP contribution < -0.4 is 5.32 Å². The number of amides is 1. The van der Waals surface area contributed by atoms with E-state index >= 15 is 0 Å². The third-order valence-electron chi connectivity index (χ3n) is 5.66. The molecule has 1 unspecified atom stereocenters. The highest BCUT2D eigenvalue weighted by molar-refractivity contribution is 6.34. The third-order valence-corrected chi connectivity index (χ3v) is 6.31. The van der Waals surface area contributed by atoms with Gasteiger partial charge in [0.25, 0.3) is 5.69 Å². The van der Waals surface area contributed by atoms with E-state index in [1.165, 1.54) is 29.8 Å². The molecule has 0 spiro atoms. The summed E-state index contributed by atoms with van der Waals surface area (Å²) in [6.07, 6.45) is 3.73. The lowest BCUT2D eigenvalue weighted by atomic mass is 9.98. The largest absolute Gasteiger partial charge is 0.436 e. The minimum atomic E-state index is -0.581. The summed E-state index contributed by atoms with van der Waals surface area (Å²) in [5, 5.41) is 14.1. The number of hydrogen-bond donors (Lipinski definition) is 1. The van der Waals surface area contributed by atoms with Gasteiger partial charge in [-0.05, 0) is 65.9 Å². The normalized spacial score (nSPS) is 12.2. The molecule has 1 amide bonds. The van der Waals surface area contributed by atoms with Crippen LogP contribution in [0.25, 0.3) is 28.6 Å². The van der Waals surface area contributed by atoms with Crippen molar-refractivity contribution in [2.45, 2.75) is 26.2 Å². The predicted molar refractivity (Wildman–Crippen MR) is 139 cm³/mol. The number of nitro groups is 1. The zero-order chi connectivity index (χ0) is 25.1. The van der Waals surface area contributed by atoms with Crippen molar-refractivity contribution < 1.29 is 14.1 Å². The summed E-state index contributed by atoms with van der Waals surface area (Å²) in [7, 11) is 0. The molecule has 0 saturated heterocycles. The summed E-state index contributed by atoms with van der Waals surface area (Å²) >= 11 is 12.1. The number of anilines is 1. The molecule has 178 valence electrons. The summed E-state index contributed by atoms with van der Waals surface area (Å²) in [5.74, 6) is 0.374. The molecule has 4 rings (SSSR count). The van der Waals surface area contributed by atoms with Gasteiger partial charge in [0.2, 0.25) is 11.8 Å². The number of oxazole rings is 1. The second-order valence-corrected chi connectivity index (χ2v) is 8.86. The van der Waals surface area contributed by atoms with Crippen LogP contribution in [0.2, 0.25) is 10.0 Å². The number of carbonyl (C=O) groups is 1. The molecule has 1 heterocycles. The van der Waals surface area contributed by atoms with Crippen molar-refractivity contribution in [3.8, 4) is 11.5 Å². The average Bonchev–Trinajstić information content (AvgIpc) is 3.27. The van der Waals surface area contributed by atoms with Crippen LogP contribution in [0.4, 0.5) is 11.4 Å². The second-order valence-electron chi connectivity index (χ2n) is 8.04. The average molecular weight is 510 g/mol. The molecule has 0 aliphatic carbocycles. The van der Waals surface area contributed by atoms with Crippen molar-refractivity contribution in [3.63, 3.8) is 0 Å². The molecular weight excluding hydrogens is 489 g/mol. The molecule has 9 heteroatoms. The first-order valence-electron chi connectivity index (χ1n) is 10.9. The zero-order valence-corrected chi connectivity index (χ0v) is 20.4. The molecule has 0 aliphatic heterocycles. The van der Waals surface area contributed by atoms with Gasteiger partial charge in [-0.25, -0.2) is 4.98 Å². The van der Waals surface area contributed by atoms with Crippen LogP contribution in [0.15, 0.2) is 65.1 Å². The van der Waals surface area contributed by atoms with E-state index in [2.05, 4.69) is 24.1 Å². The predicted octanol–water partition coefficient (Wildman–Crippen LogP) is 7.88. The molecule has 35 heavy (non-hydrogen) atoms. The number of aromatic nitrogens is 1. The van der Waals surface area contributed by atoms with Gasteiger partial charge >= 0.3 is 0 Å². The Kier molecular flexibility index (Phi) is 7.19.